The molecule has 0 aliphatic carbocycles. The van der Waals surface area contributed by atoms with E-state index in [4.69, 9.17) is 16.7 Å². The Labute approximate surface area is 126 Å². The summed E-state index contributed by atoms with van der Waals surface area (Å²) in [5.41, 5.74) is 0.265. The lowest BCUT2D eigenvalue weighted by molar-refractivity contribution is 0.0697. The molecule has 5 nitrogen and oxygen atoms in total. The van der Waals surface area contributed by atoms with Crippen molar-refractivity contribution in [2.24, 2.45) is 0 Å². The predicted molar refractivity (Wildman–Crippen MR) is 77.4 cm³/mol. The fraction of sp³-hybridized carbons (Fsp3) is 0.0714. The second kappa shape index (κ2) is 5.75. The average molecular weight is 327 g/mol. The molecule has 0 saturated carbocycles. The summed E-state index contributed by atoms with van der Waals surface area (Å²) in [4.78, 5) is 10.8. The predicted octanol–water partition coefficient (Wildman–Crippen LogP) is 2.72. The summed E-state index contributed by atoms with van der Waals surface area (Å²) in [6, 6.07) is 9.38. The van der Waals surface area contributed by atoms with Gasteiger partial charge in [0.1, 0.15) is 5.75 Å². The average Bonchev–Trinajstić information content (AvgIpc) is 2.37. The van der Waals surface area contributed by atoms with Crippen LogP contribution < -0.4 is 0 Å². The number of phenols is 1. The first kappa shape index (κ1) is 15.3. The van der Waals surface area contributed by atoms with Gasteiger partial charge in [-0.3, -0.25) is 0 Å². The normalized spacial score (nSPS) is 11.3. The van der Waals surface area contributed by atoms with E-state index in [9.17, 15) is 18.3 Å². The zero-order chi connectivity index (χ0) is 15.6. The maximum atomic E-state index is 12.3. The van der Waals surface area contributed by atoms with Crippen LogP contribution in [0.15, 0.2) is 47.4 Å². The Balaban J connectivity index is 2.36. The fourth-order valence-electron chi connectivity index (χ4n) is 1.81. The topological polar surface area (TPSA) is 91.7 Å². The largest absolute Gasteiger partial charge is 0.508 e. The first-order chi connectivity index (χ1) is 9.79. The zero-order valence-electron chi connectivity index (χ0n) is 10.7. The molecule has 0 saturated heterocycles. The van der Waals surface area contributed by atoms with Gasteiger partial charge in [0.2, 0.25) is 0 Å². The van der Waals surface area contributed by atoms with E-state index in [1.807, 2.05) is 0 Å². The number of carboxylic acid groups (broad SMARTS) is 1. The summed E-state index contributed by atoms with van der Waals surface area (Å²) in [6.45, 7) is 0. The number of carboxylic acids is 1. The van der Waals surface area contributed by atoms with Crippen molar-refractivity contribution in [3.8, 4) is 5.75 Å². The zero-order valence-corrected chi connectivity index (χ0v) is 12.2. The third-order valence-corrected chi connectivity index (χ3v) is 4.80. The van der Waals surface area contributed by atoms with Crippen LogP contribution in [0.4, 0.5) is 0 Å². The van der Waals surface area contributed by atoms with Crippen LogP contribution in [-0.2, 0) is 15.6 Å². The van der Waals surface area contributed by atoms with Crippen molar-refractivity contribution in [2.45, 2.75) is 10.6 Å². The molecule has 110 valence electrons. The van der Waals surface area contributed by atoms with Gasteiger partial charge in [0.25, 0.3) is 0 Å². The highest BCUT2D eigenvalue weighted by molar-refractivity contribution is 7.90. The van der Waals surface area contributed by atoms with Crippen molar-refractivity contribution in [1.29, 1.82) is 0 Å². The molecule has 0 heterocycles. The molecular formula is C14H11ClO5S. The van der Waals surface area contributed by atoms with Gasteiger partial charge in [-0.15, -0.1) is 0 Å². The third-order valence-electron chi connectivity index (χ3n) is 2.80. The van der Waals surface area contributed by atoms with E-state index in [1.165, 1.54) is 18.2 Å². The Morgan fingerprint density at radius 1 is 1.14 bits per heavy atom. The number of rotatable bonds is 4. The van der Waals surface area contributed by atoms with Gasteiger partial charge in [-0.2, -0.15) is 0 Å². The molecule has 2 aromatic carbocycles. The van der Waals surface area contributed by atoms with Crippen LogP contribution in [0.5, 0.6) is 5.75 Å². The van der Waals surface area contributed by atoms with Gasteiger partial charge in [0, 0.05) is 0 Å². The Kier molecular flexibility index (Phi) is 4.20. The first-order valence-electron chi connectivity index (χ1n) is 5.83. The maximum Gasteiger partial charge on any atom is 0.337 e. The van der Waals surface area contributed by atoms with Crippen molar-refractivity contribution in [2.75, 3.05) is 0 Å². The van der Waals surface area contributed by atoms with Crippen LogP contribution in [0.25, 0.3) is 0 Å². The van der Waals surface area contributed by atoms with E-state index in [1.54, 1.807) is 12.1 Å². The SMILES string of the molecule is O=C(O)c1ccc(S(=O)(=O)Cc2cccc(O)c2)cc1Cl. The molecule has 2 rings (SSSR count). The molecule has 0 spiro atoms. The quantitative estimate of drug-likeness (QED) is 0.901. The molecule has 0 aliphatic rings. The van der Waals surface area contributed by atoms with Gasteiger partial charge in [0.05, 0.1) is 21.2 Å². The van der Waals surface area contributed by atoms with Crippen LogP contribution in [0.2, 0.25) is 5.02 Å². The first-order valence-corrected chi connectivity index (χ1v) is 7.86. The summed E-state index contributed by atoms with van der Waals surface area (Å²) in [5.74, 6) is -1.57. The Hall–Kier alpha value is -2.05. The lowest BCUT2D eigenvalue weighted by Gasteiger charge is -2.07. The third kappa shape index (κ3) is 3.53. The van der Waals surface area contributed by atoms with Gasteiger partial charge in [0.15, 0.2) is 9.84 Å². The molecule has 0 aromatic heterocycles. The minimum absolute atomic E-state index is 0.0260. The molecule has 0 aliphatic heterocycles. The van der Waals surface area contributed by atoms with Gasteiger partial charge in [-0.1, -0.05) is 23.7 Å². The Bertz CT molecular complexity index is 799. The minimum atomic E-state index is -3.68. The summed E-state index contributed by atoms with van der Waals surface area (Å²) < 4.78 is 24.5. The van der Waals surface area contributed by atoms with Crippen LogP contribution in [0.3, 0.4) is 0 Å². The number of sulfone groups is 1. The fourth-order valence-corrected chi connectivity index (χ4v) is 3.50. The van der Waals surface area contributed by atoms with Crippen LogP contribution in [-0.4, -0.2) is 24.6 Å². The van der Waals surface area contributed by atoms with Crippen LogP contribution >= 0.6 is 11.6 Å². The van der Waals surface area contributed by atoms with E-state index in [0.29, 0.717) is 5.56 Å². The van der Waals surface area contributed by atoms with Crippen LogP contribution in [0.1, 0.15) is 15.9 Å². The summed E-state index contributed by atoms with van der Waals surface area (Å²) in [7, 11) is -3.68. The molecule has 2 aromatic rings. The van der Waals surface area contributed by atoms with Crippen molar-refractivity contribution in [1.82, 2.24) is 0 Å². The number of phenolic OH excluding ortho intramolecular Hbond substituents is 1. The Morgan fingerprint density at radius 2 is 1.86 bits per heavy atom. The summed E-state index contributed by atoms with van der Waals surface area (Å²) in [5, 5.41) is 18.1. The second-order valence-electron chi connectivity index (χ2n) is 4.38. The van der Waals surface area contributed by atoms with E-state index < -0.39 is 15.8 Å². The van der Waals surface area contributed by atoms with Crippen LogP contribution in [0, 0.1) is 0 Å². The number of benzene rings is 2. The van der Waals surface area contributed by atoms with Crippen molar-refractivity contribution < 1.29 is 23.4 Å². The van der Waals surface area contributed by atoms with Gasteiger partial charge in [-0.25, -0.2) is 13.2 Å². The smallest absolute Gasteiger partial charge is 0.337 e. The number of halogens is 1. The number of carbonyl (C=O) groups is 1. The second-order valence-corrected chi connectivity index (χ2v) is 6.77. The monoisotopic (exact) mass is 326 g/mol. The van der Waals surface area contributed by atoms with E-state index in [2.05, 4.69) is 0 Å². The summed E-state index contributed by atoms with van der Waals surface area (Å²) >= 11 is 5.77. The molecule has 0 fully saturated rings. The van der Waals surface area contributed by atoms with Gasteiger partial charge >= 0.3 is 5.97 Å². The number of hydrogen-bond acceptors (Lipinski definition) is 4. The van der Waals surface area contributed by atoms with Crippen molar-refractivity contribution in [3.05, 3.63) is 58.6 Å². The van der Waals surface area contributed by atoms with Crippen molar-refractivity contribution in [3.63, 3.8) is 0 Å². The van der Waals surface area contributed by atoms with E-state index in [0.717, 1.165) is 12.1 Å². The molecule has 2 N–H and O–H groups in total. The van der Waals surface area contributed by atoms with Crippen molar-refractivity contribution >= 4 is 27.4 Å². The number of aromatic carboxylic acids is 1. The number of aromatic hydroxyl groups is 1. The standard InChI is InChI=1S/C14H11ClO5S/c15-13-7-11(4-5-12(13)14(17)18)21(19,20)8-9-2-1-3-10(16)6-9/h1-7,16H,8H2,(H,17,18). The summed E-state index contributed by atoms with van der Waals surface area (Å²) in [6.07, 6.45) is 0. The molecule has 21 heavy (non-hydrogen) atoms. The lowest BCUT2D eigenvalue weighted by atomic mass is 10.2. The molecule has 0 amide bonds. The lowest BCUT2D eigenvalue weighted by Crippen LogP contribution is -2.06. The molecule has 0 atom stereocenters. The highest BCUT2D eigenvalue weighted by Crippen LogP contribution is 2.24. The highest BCUT2D eigenvalue weighted by atomic mass is 35.5. The Morgan fingerprint density at radius 3 is 2.43 bits per heavy atom. The molecule has 7 heteroatoms. The van der Waals surface area contributed by atoms with E-state index in [-0.39, 0.29) is 27.0 Å². The maximum absolute atomic E-state index is 12.3. The number of hydrogen-bond donors (Lipinski definition) is 2. The molecule has 0 radical (unpaired) electrons. The molecule has 0 bridgehead atoms. The minimum Gasteiger partial charge on any atom is -0.508 e. The molecule has 0 unspecified atom stereocenters. The van der Waals surface area contributed by atoms with Gasteiger partial charge < -0.3 is 10.2 Å². The molecular weight excluding hydrogens is 316 g/mol. The van der Waals surface area contributed by atoms with Gasteiger partial charge in [-0.05, 0) is 35.9 Å². The van der Waals surface area contributed by atoms with E-state index >= 15 is 0 Å². The highest BCUT2D eigenvalue weighted by Gasteiger charge is 2.18.